The van der Waals surface area contributed by atoms with Gasteiger partial charge in [0.15, 0.2) is 0 Å². The Balaban J connectivity index is 0.00000242. The Labute approximate surface area is 139 Å². The van der Waals surface area contributed by atoms with Crippen LogP contribution in [0, 0.1) is 18.8 Å². The third-order valence-corrected chi connectivity index (χ3v) is 4.28. The maximum absolute atomic E-state index is 12.2. The SMILES string of the molecule is COc1cc(C)ccc1NC(=O)CC(C)C1CCCNC1.Cl. The number of ether oxygens (including phenoxy) is 1. The first-order chi connectivity index (χ1) is 10.1. The van der Waals surface area contributed by atoms with Gasteiger partial charge in [-0.15, -0.1) is 12.4 Å². The van der Waals surface area contributed by atoms with Crippen LogP contribution in [-0.2, 0) is 4.79 Å². The smallest absolute Gasteiger partial charge is 0.224 e. The fraction of sp³-hybridized carbons (Fsp3) is 0.588. The van der Waals surface area contributed by atoms with Gasteiger partial charge in [-0.05, 0) is 62.4 Å². The number of amides is 1. The lowest BCUT2D eigenvalue weighted by atomic mass is 9.85. The highest BCUT2D eigenvalue weighted by atomic mass is 35.5. The van der Waals surface area contributed by atoms with Gasteiger partial charge in [0.05, 0.1) is 12.8 Å². The molecule has 2 rings (SSSR count). The Hall–Kier alpha value is -1.26. The number of anilines is 1. The molecule has 0 aliphatic carbocycles. The predicted molar refractivity (Wildman–Crippen MR) is 93.0 cm³/mol. The molecule has 124 valence electrons. The van der Waals surface area contributed by atoms with Crippen molar-refractivity contribution in [2.45, 2.75) is 33.1 Å². The van der Waals surface area contributed by atoms with Crippen molar-refractivity contribution in [1.82, 2.24) is 5.32 Å². The quantitative estimate of drug-likeness (QED) is 0.872. The summed E-state index contributed by atoms with van der Waals surface area (Å²) in [7, 11) is 1.63. The van der Waals surface area contributed by atoms with Crippen LogP contribution < -0.4 is 15.4 Å². The van der Waals surface area contributed by atoms with Gasteiger partial charge in [0.1, 0.15) is 5.75 Å². The average molecular weight is 327 g/mol. The number of hydrogen-bond acceptors (Lipinski definition) is 3. The number of nitrogens with one attached hydrogen (secondary N) is 2. The number of rotatable bonds is 5. The van der Waals surface area contributed by atoms with E-state index in [1.807, 2.05) is 25.1 Å². The Bertz CT molecular complexity index is 488. The maximum atomic E-state index is 12.2. The third kappa shape index (κ3) is 5.18. The first-order valence-electron chi connectivity index (χ1n) is 7.75. The van der Waals surface area contributed by atoms with E-state index in [9.17, 15) is 4.79 Å². The number of aryl methyl sites for hydroxylation is 1. The second kappa shape index (κ2) is 9.01. The van der Waals surface area contributed by atoms with E-state index in [1.165, 1.54) is 12.8 Å². The molecule has 4 nitrogen and oxygen atoms in total. The summed E-state index contributed by atoms with van der Waals surface area (Å²) < 4.78 is 5.32. The number of carbonyl (C=O) groups excluding carboxylic acids is 1. The molecule has 1 fully saturated rings. The van der Waals surface area contributed by atoms with E-state index < -0.39 is 0 Å². The van der Waals surface area contributed by atoms with Gasteiger partial charge in [-0.3, -0.25) is 4.79 Å². The normalized spacial score (nSPS) is 19.0. The molecule has 2 N–H and O–H groups in total. The van der Waals surface area contributed by atoms with Crippen LogP contribution >= 0.6 is 12.4 Å². The molecule has 1 aliphatic rings. The molecule has 0 spiro atoms. The fourth-order valence-electron chi connectivity index (χ4n) is 2.93. The van der Waals surface area contributed by atoms with Crippen LogP contribution in [-0.4, -0.2) is 26.1 Å². The second-order valence-electron chi connectivity index (χ2n) is 6.04. The van der Waals surface area contributed by atoms with Crippen molar-refractivity contribution in [3.05, 3.63) is 23.8 Å². The van der Waals surface area contributed by atoms with Gasteiger partial charge in [0, 0.05) is 6.42 Å². The molecule has 0 radical (unpaired) electrons. The number of piperidine rings is 1. The van der Waals surface area contributed by atoms with Gasteiger partial charge in [-0.2, -0.15) is 0 Å². The van der Waals surface area contributed by atoms with Crippen molar-refractivity contribution < 1.29 is 9.53 Å². The minimum Gasteiger partial charge on any atom is -0.495 e. The number of halogens is 1. The highest BCUT2D eigenvalue weighted by Crippen LogP contribution is 2.27. The molecule has 0 aromatic heterocycles. The highest BCUT2D eigenvalue weighted by molar-refractivity contribution is 5.92. The topological polar surface area (TPSA) is 50.4 Å². The van der Waals surface area contributed by atoms with E-state index in [4.69, 9.17) is 4.74 Å². The molecular weight excluding hydrogens is 300 g/mol. The minimum absolute atomic E-state index is 0. The third-order valence-electron chi connectivity index (χ3n) is 4.28. The Morgan fingerprint density at radius 2 is 2.27 bits per heavy atom. The largest absolute Gasteiger partial charge is 0.495 e. The Morgan fingerprint density at radius 3 is 2.91 bits per heavy atom. The summed E-state index contributed by atoms with van der Waals surface area (Å²) in [6, 6.07) is 5.82. The molecule has 2 atom stereocenters. The van der Waals surface area contributed by atoms with Crippen LogP contribution in [0.15, 0.2) is 18.2 Å². The van der Waals surface area contributed by atoms with Gasteiger partial charge < -0.3 is 15.4 Å². The fourth-order valence-corrected chi connectivity index (χ4v) is 2.93. The zero-order valence-electron chi connectivity index (χ0n) is 13.6. The summed E-state index contributed by atoms with van der Waals surface area (Å²) in [4.78, 5) is 12.2. The van der Waals surface area contributed by atoms with Crippen molar-refractivity contribution in [2.24, 2.45) is 11.8 Å². The van der Waals surface area contributed by atoms with Crippen LogP contribution in [0.25, 0.3) is 0 Å². The standard InChI is InChI=1S/C17H26N2O2.ClH/c1-12-6-7-15(16(9-12)21-3)19-17(20)10-13(2)14-5-4-8-18-11-14;/h6-7,9,13-14,18H,4-5,8,10-11H2,1-3H3,(H,19,20);1H. The Morgan fingerprint density at radius 1 is 1.50 bits per heavy atom. The summed E-state index contributed by atoms with van der Waals surface area (Å²) >= 11 is 0. The predicted octanol–water partition coefficient (Wildman–Crippen LogP) is 3.39. The molecule has 1 aliphatic heterocycles. The average Bonchev–Trinajstić information content (AvgIpc) is 2.49. The van der Waals surface area contributed by atoms with Crippen molar-refractivity contribution in [3.63, 3.8) is 0 Å². The van der Waals surface area contributed by atoms with Crippen LogP contribution in [0.3, 0.4) is 0 Å². The second-order valence-corrected chi connectivity index (χ2v) is 6.04. The number of methoxy groups -OCH3 is 1. The minimum atomic E-state index is 0. The molecule has 1 aromatic rings. The molecular formula is C17H27ClN2O2. The van der Waals surface area contributed by atoms with Gasteiger partial charge >= 0.3 is 0 Å². The zero-order valence-corrected chi connectivity index (χ0v) is 14.5. The van der Waals surface area contributed by atoms with Crippen molar-refractivity contribution in [2.75, 3.05) is 25.5 Å². The molecule has 2 unspecified atom stereocenters. The summed E-state index contributed by atoms with van der Waals surface area (Å²) in [5, 5.41) is 6.39. The van der Waals surface area contributed by atoms with Gasteiger partial charge in [-0.1, -0.05) is 13.0 Å². The molecule has 0 bridgehead atoms. The van der Waals surface area contributed by atoms with Crippen LogP contribution in [0.5, 0.6) is 5.75 Å². The van der Waals surface area contributed by atoms with Gasteiger partial charge in [0.25, 0.3) is 0 Å². The first kappa shape index (κ1) is 18.8. The van der Waals surface area contributed by atoms with Crippen molar-refractivity contribution in [3.8, 4) is 5.75 Å². The van der Waals surface area contributed by atoms with Gasteiger partial charge in [0.2, 0.25) is 5.91 Å². The lowest BCUT2D eigenvalue weighted by Gasteiger charge is -2.28. The lowest BCUT2D eigenvalue weighted by Crippen LogP contribution is -2.34. The molecule has 5 heteroatoms. The van der Waals surface area contributed by atoms with Crippen LogP contribution in [0.4, 0.5) is 5.69 Å². The summed E-state index contributed by atoms with van der Waals surface area (Å²) in [6.45, 7) is 6.31. The van der Waals surface area contributed by atoms with Crippen molar-refractivity contribution in [1.29, 1.82) is 0 Å². The highest BCUT2D eigenvalue weighted by Gasteiger charge is 2.22. The molecule has 1 heterocycles. The Kier molecular flexibility index (Phi) is 7.69. The van der Waals surface area contributed by atoms with Crippen LogP contribution in [0.1, 0.15) is 31.7 Å². The molecule has 0 saturated carbocycles. The summed E-state index contributed by atoms with van der Waals surface area (Å²) in [5.41, 5.74) is 1.87. The number of benzene rings is 1. The van der Waals surface area contributed by atoms with E-state index in [1.54, 1.807) is 7.11 Å². The summed E-state index contributed by atoms with van der Waals surface area (Å²) in [6.07, 6.45) is 2.99. The zero-order chi connectivity index (χ0) is 15.2. The van der Waals surface area contributed by atoms with Gasteiger partial charge in [-0.25, -0.2) is 0 Å². The van der Waals surface area contributed by atoms with E-state index in [-0.39, 0.29) is 18.3 Å². The molecule has 22 heavy (non-hydrogen) atoms. The maximum Gasteiger partial charge on any atom is 0.224 e. The van der Waals surface area contributed by atoms with E-state index in [0.717, 1.165) is 30.1 Å². The summed E-state index contributed by atoms with van der Waals surface area (Å²) in [5.74, 6) is 1.78. The molecule has 1 aromatic carbocycles. The monoisotopic (exact) mass is 326 g/mol. The number of hydrogen-bond donors (Lipinski definition) is 2. The molecule has 1 saturated heterocycles. The number of carbonyl (C=O) groups is 1. The lowest BCUT2D eigenvalue weighted by molar-refractivity contribution is -0.117. The van der Waals surface area contributed by atoms with Crippen molar-refractivity contribution >= 4 is 24.0 Å². The first-order valence-corrected chi connectivity index (χ1v) is 7.75. The van der Waals surface area contributed by atoms with E-state index in [0.29, 0.717) is 18.3 Å². The van der Waals surface area contributed by atoms with E-state index in [2.05, 4.69) is 17.6 Å². The van der Waals surface area contributed by atoms with E-state index >= 15 is 0 Å². The molecule has 1 amide bonds. The van der Waals surface area contributed by atoms with Crippen LogP contribution in [0.2, 0.25) is 0 Å².